The molecule has 5 rings (SSSR count). The summed E-state index contributed by atoms with van der Waals surface area (Å²) in [5.74, 6) is 5.56. The molecule has 0 aromatic heterocycles. The number of carbonyl (C=O) groups is 1. The second kappa shape index (κ2) is 8.17. The SMILES string of the molecule is CC(C)CCC[C@@H](C)[C@H]1CC[C@H]2[C@@H]3C[C@@H](OC(=O)CCl)[C@]45C[C@H]4CC[C@]5(C)[C@H]3CC[C@]12C. The Hall–Kier alpha value is -0.240. The lowest BCUT2D eigenvalue weighted by atomic mass is 9.45. The zero-order valence-electron chi connectivity index (χ0n) is 21.3. The van der Waals surface area contributed by atoms with Crippen molar-refractivity contribution in [3.63, 3.8) is 0 Å². The first-order valence-corrected chi connectivity index (χ1v) is 14.5. The highest BCUT2D eigenvalue weighted by Gasteiger charge is 2.78. The predicted molar refractivity (Wildman–Crippen MR) is 131 cm³/mol. The third-order valence-electron chi connectivity index (χ3n) is 12.1. The highest BCUT2D eigenvalue weighted by Crippen LogP contribution is 2.82. The number of esters is 1. The quantitative estimate of drug-likeness (QED) is 0.284. The van der Waals surface area contributed by atoms with Crippen molar-refractivity contribution >= 4 is 17.6 Å². The third-order valence-corrected chi connectivity index (χ3v) is 12.3. The summed E-state index contributed by atoms with van der Waals surface area (Å²) in [4.78, 5) is 12.3. The first-order valence-electron chi connectivity index (χ1n) is 13.9. The Labute approximate surface area is 202 Å². The van der Waals surface area contributed by atoms with Crippen LogP contribution in [0, 0.1) is 57.7 Å². The highest BCUT2D eigenvalue weighted by atomic mass is 35.5. The molecule has 32 heavy (non-hydrogen) atoms. The smallest absolute Gasteiger partial charge is 0.321 e. The summed E-state index contributed by atoms with van der Waals surface area (Å²) in [6.07, 6.45) is 15.1. The molecule has 0 unspecified atom stereocenters. The molecule has 5 saturated carbocycles. The van der Waals surface area contributed by atoms with Crippen molar-refractivity contribution in [1.82, 2.24) is 0 Å². The molecule has 3 heteroatoms. The topological polar surface area (TPSA) is 26.3 Å². The molecule has 0 amide bonds. The summed E-state index contributed by atoms with van der Waals surface area (Å²) in [5.41, 5.74) is 1.15. The minimum atomic E-state index is -0.189. The van der Waals surface area contributed by atoms with Crippen molar-refractivity contribution in [3.8, 4) is 0 Å². The first-order chi connectivity index (χ1) is 15.2. The van der Waals surface area contributed by atoms with Gasteiger partial charge >= 0.3 is 5.97 Å². The Bertz CT molecular complexity index is 735. The summed E-state index contributed by atoms with van der Waals surface area (Å²) in [6, 6.07) is 0. The van der Waals surface area contributed by atoms with Crippen LogP contribution in [-0.4, -0.2) is 18.0 Å². The van der Waals surface area contributed by atoms with E-state index in [-0.39, 0.29) is 23.4 Å². The molecule has 5 aliphatic rings. The second-order valence-electron chi connectivity index (χ2n) is 13.7. The number of ether oxygens (including phenoxy) is 1. The zero-order valence-corrected chi connectivity index (χ0v) is 22.1. The van der Waals surface area contributed by atoms with Crippen LogP contribution >= 0.6 is 11.6 Å². The molecule has 0 radical (unpaired) electrons. The molecule has 5 aliphatic carbocycles. The summed E-state index contributed by atoms with van der Waals surface area (Å²) in [6.45, 7) is 12.5. The average molecular weight is 463 g/mol. The van der Waals surface area contributed by atoms with Crippen LogP contribution in [0.5, 0.6) is 0 Å². The number of fused-ring (bicyclic) bond motifs is 4. The maximum Gasteiger partial charge on any atom is 0.321 e. The zero-order chi connectivity index (χ0) is 22.9. The largest absolute Gasteiger partial charge is 0.461 e. The minimum Gasteiger partial charge on any atom is -0.461 e. The Kier molecular flexibility index (Phi) is 6.00. The monoisotopic (exact) mass is 462 g/mol. The molecule has 0 aliphatic heterocycles. The van der Waals surface area contributed by atoms with E-state index in [1.54, 1.807) is 0 Å². The van der Waals surface area contributed by atoms with Gasteiger partial charge in [-0.15, -0.1) is 11.6 Å². The normalized spacial score (nSPS) is 49.7. The maximum atomic E-state index is 12.3. The van der Waals surface area contributed by atoms with Crippen molar-refractivity contribution < 1.29 is 9.53 Å². The van der Waals surface area contributed by atoms with Gasteiger partial charge in [0, 0.05) is 5.41 Å². The second-order valence-corrected chi connectivity index (χ2v) is 13.9. The molecule has 10 atom stereocenters. The van der Waals surface area contributed by atoms with Crippen molar-refractivity contribution in [2.24, 2.45) is 57.7 Å². The Balaban J connectivity index is 1.37. The van der Waals surface area contributed by atoms with Crippen LogP contribution < -0.4 is 0 Å². The van der Waals surface area contributed by atoms with Gasteiger partial charge in [0.2, 0.25) is 0 Å². The van der Waals surface area contributed by atoms with Crippen LogP contribution in [0.3, 0.4) is 0 Å². The van der Waals surface area contributed by atoms with E-state index in [1.807, 2.05) is 0 Å². The van der Waals surface area contributed by atoms with E-state index in [2.05, 4.69) is 34.6 Å². The number of halogens is 1. The van der Waals surface area contributed by atoms with Gasteiger partial charge in [0.25, 0.3) is 0 Å². The third kappa shape index (κ3) is 3.27. The molecule has 2 nitrogen and oxygen atoms in total. The number of hydrogen-bond donors (Lipinski definition) is 0. The van der Waals surface area contributed by atoms with Gasteiger partial charge in [-0.2, -0.15) is 0 Å². The molecule has 182 valence electrons. The molecule has 0 aromatic rings. The van der Waals surface area contributed by atoms with E-state index >= 15 is 0 Å². The van der Waals surface area contributed by atoms with Crippen molar-refractivity contribution in [2.45, 2.75) is 111 Å². The van der Waals surface area contributed by atoms with Gasteiger partial charge in [-0.25, -0.2) is 0 Å². The van der Waals surface area contributed by atoms with E-state index in [4.69, 9.17) is 16.3 Å². The molecule has 1 spiro atoms. The summed E-state index contributed by atoms with van der Waals surface area (Å²) in [5, 5.41) is 0. The maximum absolute atomic E-state index is 12.3. The lowest BCUT2D eigenvalue weighted by Crippen LogP contribution is -2.57. The van der Waals surface area contributed by atoms with Crippen LogP contribution in [-0.2, 0) is 9.53 Å². The van der Waals surface area contributed by atoms with Crippen LogP contribution in [0.25, 0.3) is 0 Å². The van der Waals surface area contributed by atoms with Crippen LogP contribution in [0.1, 0.15) is 105 Å². The molecular formula is C29H47ClO2. The summed E-state index contributed by atoms with van der Waals surface area (Å²) in [7, 11) is 0. The lowest BCUT2D eigenvalue weighted by molar-refractivity contribution is -0.182. The van der Waals surface area contributed by atoms with E-state index in [0.717, 1.165) is 47.8 Å². The fraction of sp³-hybridized carbons (Fsp3) is 0.966. The standard InChI is InChI=1S/C29H47ClO2/c1-18(2)7-6-8-19(3)22-9-10-23-21-15-25(32-26(31)17-30)29-16-20(29)11-14-28(29,5)24(21)12-13-27(22,23)4/h18-25H,6-17H2,1-5H3/t19-,20-,21+,22-,23+,24+,25-,27-,28-,29+/m1/s1. The fourth-order valence-electron chi connectivity index (χ4n) is 10.6. The van der Waals surface area contributed by atoms with Crippen molar-refractivity contribution in [2.75, 3.05) is 5.88 Å². The number of alkyl halides is 1. The van der Waals surface area contributed by atoms with Gasteiger partial charge in [0.15, 0.2) is 0 Å². The molecule has 0 N–H and O–H groups in total. The van der Waals surface area contributed by atoms with E-state index < -0.39 is 0 Å². The number of carbonyl (C=O) groups excluding carboxylic acids is 1. The van der Waals surface area contributed by atoms with Gasteiger partial charge in [-0.1, -0.05) is 53.9 Å². The Morgan fingerprint density at radius 1 is 1.03 bits per heavy atom. The van der Waals surface area contributed by atoms with Gasteiger partial charge in [0.05, 0.1) is 0 Å². The van der Waals surface area contributed by atoms with E-state index in [0.29, 0.717) is 10.8 Å². The molecule has 0 bridgehead atoms. The van der Waals surface area contributed by atoms with E-state index in [9.17, 15) is 4.79 Å². The molecule has 0 saturated heterocycles. The highest BCUT2D eigenvalue weighted by molar-refractivity contribution is 6.26. The van der Waals surface area contributed by atoms with Crippen molar-refractivity contribution in [1.29, 1.82) is 0 Å². The van der Waals surface area contributed by atoms with Crippen LogP contribution in [0.15, 0.2) is 0 Å². The van der Waals surface area contributed by atoms with Crippen LogP contribution in [0.2, 0.25) is 0 Å². The minimum absolute atomic E-state index is 0.000827. The average Bonchev–Trinajstić information content (AvgIpc) is 3.26. The first kappa shape index (κ1) is 23.5. The Morgan fingerprint density at radius 3 is 2.50 bits per heavy atom. The van der Waals surface area contributed by atoms with Gasteiger partial charge in [-0.05, 0) is 104 Å². The molecule has 0 heterocycles. The summed E-state index contributed by atoms with van der Waals surface area (Å²) < 4.78 is 6.17. The summed E-state index contributed by atoms with van der Waals surface area (Å²) >= 11 is 5.90. The number of hydrogen-bond acceptors (Lipinski definition) is 2. The lowest BCUT2D eigenvalue weighted by Gasteiger charge is -2.60. The molecule has 5 fully saturated rings. The van der Waals surface area contributed by atoms with E-state index in [1.165, 1.54) is 64.2 Å². The number of rotatable bonds is 7. The fourth-order valence-corrected chi connectivity index (χ4v) is 10.7. The van der Waals surface area contributed by atoms with Gasteiger partial charge in [0.1, 0.15) is 12.0 Å². The predicted octanol–water partition coefficient (Wildman–Crippen LogP) is 7.87. The van der Waals surface area contributed by atoms with Gasteiger partial charge in [-0.3, -0.25) is 4.79 Å². The van der Waals surface area contributed by atoms with Crippen LogP contribution in [0.4, 0.5) is 0 Å². The molecular weight excluding hydrogens is 416 g/mol. The van der Waals surface area contributed by atoms with Gasteiger partial charge < -0.3 is 4.74 Å². The van der Waals surface area contributed by atoms with Crippen molar-refractivity contribution in [3.05, 3.63) is 0 Å². The molecule has 0 aromatic carbocycles. The Morgan fingerprint density at radius 2 is 1.81 bits per heavy atom.